The molecule has 1 amide bonds. The Morgan fingerprint density at radius 2 is 1.59 bits per heavy atom. The van der Waals surface area contributed by atoms with Crippen LogP contribution in [0.15, 0.2) is 53.4 Å². The van der Waals surface area contributed by atoms with E-state index in [0.717, 1.165) is 10.5 Å². The van der Waals surface area contributed by atoms with Gasteiger partial charge in [0.15, 0.2) is 0 Å². The van der Waals surface area contributed by atoms with E-state index < -0.39 is 0 Å². The SMILES string of the molecule is C[C@@H](NC(=O)CCSc1ccc(F)cc1)c1ccc(F)cc1. The third-order valence-corrected chi connectivity index (χ3v) is 4.17. The van der Waals surface area contributed by atoms with Crippen LogP contribution >= 0.6 is 11.8 Å². The monoisotopic (exact) mass is 321 g/mol. The smallest absolute Gasteiger partial charge is 0.221 e. The Kier molecular flexibility index (Phi) is 5.95. The van der Waals surface area contributed by atoms with E-state index in [0.29, 0.717) is 12.2 Å². The van der Waals surface area contributed by atoms with E-state index in [9.17, 15) is 13.6 Å². The van der Waals surface area contributed by atoms with Gasteiger partial charge in [0, 0.05) is 17.1 Å². The molecule has 0 aromatic heterocycles. The lowest BCUT2D eigenvalue weighted by Gasteiger charge is -2.14. The summed E-state index contributed by atoms with van der Waals surface area (Å²) in [6.45, 7) is 1.86. The molecule has 2 aromatic rings. The number of benzene rings is 2. The minimum absolute atomic E-state index is 0.0635. The fourth-order valence-corrected chi connectivity index (χ4v) is 2.79. The summed E-state index contributed by atoms with van der Waals surface area (Å²) in [5, 5.41) is 2.88. The van der Waals surface area contributed by atoms with Crippen LogP contribution in [0.3, 0.4) is 0 Å². The zero-order chi connectivity index (χ0) is 15.9. The largest absolute Gasteiger partial charge is 0.350 e. The van der Waals surface area contributed by atoms with Gasteiger partial charge in [0.1, 0.15) is 11.6 Å². The molecule has 22 heavy (non-hydrogen) atoms. The fourth-order valence-electron chi connectivity index (χ4n) is 1.94. The molecule has 2 rings (SSSR count). The van der Waals surface area contributed by atoms with Crippen LogP contribution in [0.2, 0.25) is 0 Å². The molecule has 0 saturated carbocycles. The second-order valence-corrected chi connectivity index (χ2v) is 6.06. The van der Waals surface area contributed by atoms with Crippen molar-refractivity contribution in [1.82, 2.24) is 5.32 Å². The Hall–Kier alpha value is -1.88. The highest BCUT2D eigenvalue weighted by atomic mass is 32.2. The number of hydrogen-bond acceptors (Lipinski definition) is 2. The highest BCUT2D eigenvalue weighted by molar-refractivity contribution is 7.99. The molecule has 0 heterocycles. The maximum atomic E-state index is 12.9. The number of halogens is 2. The van der Waals surface area contributed by atoms with Gasteiger partial charge in [-0.1, -0.05) is 12.1 Å². The number of rotatable bonds is 6. The Bertz CT molecular complexity index is 614. The van der Waals surface area contributed by atoms with E-state index in [1.165, 1.54) is 36.0 Å². The molecule has 1 N–H and O–H groups in total. The van der Waals surface area contributed by atoms with Gasteiger partial charge in [-0.15, -0.1) is 11.8 Å². The van der Waals surface area contributed by atoms with Crippen LogP contribution in [-0.2, 0) is 4.79 Å². The van der Waals surface area contributed by atoms with Crippen molar-refractivity contribution in [1.29, 1.82) is 0 Å². The summed E-state index contributed by atoms with van der Waals surface area (Å²) in [5.41, 5.74) is 0.862. The molecule has 0 fully saturated rings. The Labute approximate surface area is 132 Å². The molecule has 0 aliphatic rings. The summed E-state index contributed by atoms with van der Waals surface area (Å²) >= 11 is 1.51. The lowest BCUT2D eigenvalue weighted by atomic mass is 10.1. The first-order valence-corrected chi connectivity index (χ1v) is 7.96. The van der Waals surface area contributed by atoms with Crippen molar-refractivity contribution in [2.24, 2.45) is 0 Å². The molecule has 2 nitrogen and oxygen atoms in total. The molecule has 2 aromatic carbocycles. The minimum Gasteiger partial charge on any atom is -0.350 e. The van der Waals surface area contributed by atoms with Gasteiger partial charge in [-0.25, -0.2) is 8.78 Å². The quantitative estimate of drug-likeness (QED) is 0.803. The second-order valence-electron chi connectivity index (χ2n) is 4.89. The van der Waals surface area contributed by atoms with Crippen molar-refractivity contribution < 1.29 is 13.6 Å². The van der Waals surface area contributed by atoms with E-state index in [4.69, 9.17) is 0 Å². The van der Waals surface area contributed by atoms with Crippen molar-refractivity contribution in [2.75, 3.05) is 5.75 Å². The van der Waals surface area contributed by atoms with Gasteiger partial charge in [0.05, 0.1) is 6.04 Å². The standard InChI is InChI=1S/C17H17F2NOS/c1-12(13-2-4-14(18)5-3-13)20-17(21)10-11-22-16-8-6-15(19)7-9-16/h2-9,12H,10-11H2,1H3,(H,20,21)/t12-/m1/s1. The van der Waals surface area contributed by atoms with Crippen LogP contribution < -0.4 is 5.32 Å². The third-order valence-electron chi connectivity index (χ3n) is 3.16. The topological polar surface area (TPSA) is 29.1 Å². The van der Waals surface area contributed by atoms with Gasteiger partial charge < -0.3 is 5.32 Å². The average Bonchev–Trinajstić information content (AvgIpc) is 2.50. The highest BCUT2D eigenvalue weighted by Gasteiger charge is 2.09. The summed E-state index contributed by atoms with van der Waals surface area (Å²) in [6, 6.07) is 12.1. The van der Waals surface area contributed by atoms with Gasteiger partial charge in [-0.3, -0.25) is 4.79 Å². The second kappa shape index (κ2) is 7.94. The van der Waals surface area contributed by atoms with Gasteiger partial charge in [0.2, 0.25) is 5.91 Å². The summed E-state index contributed by atoms with van der Waals surface area (Å²) in [7, 11) is 0. The van der Waals surface area contributed by atoms with E-state index in [1.54, 1.807) is 24.3 Å². The number of hydrogen-bond donors (Lipinski definition) is 1. The van der Waals surface area contributed by atoms with Crippen molar-refractivity contribution >= 4 is 17.7 Å². The van der Waals surface area contributed by atoms with E-state index in [-0.39, 0.29) is 23.6 Å². The number of carbonyl (C=O) groups is 1. The Morgan fingerprint density at radius 3 is 2.18 bits per heavy atom. The molecule has 0 unspecified atom stereocenters. The van der Waals surface area contributed by atoms with Crippen LogP contribution in [0.1, 0.15) is 24.9 Å². The number of thioether (sulfide) groups is 1. The molecule has 0 aliphatic heterocycles. The third kappa shape index (κ3) is 5.15. The van der Waals surface area contributed by atoms with Gasteiger partial charge >= 0.3 is 0 Å². The van der Waals surface area contributed by atoms with Crippen molar-refractivity contribution in [2.45, 2.75) is 24.3 Å². The van der Waals surface area contributed by atoms with Crippen molar-refractivity contribution in [3.63, 3.8) is 0 Å². The lowest BCUT2D eigenvalue weighted by molar-refractivity contribution is -0.121. The number of carbonyl (C=O) groups excluding carboxylic acids is 1. The molecule has 0 spiro atoms. The van der Waals surface area contributed by atoms with Gasteiger partial charge in [-0.05, 0) is 48.9 Å². The molecular weight excluding hydrogens is 304 g/mol. The Balaban J connectivity index is 1.75. The highest BCUT2D eigenvalue weighted by Crippen LogP contribution is 2.19. The Morgan fingerprint density at radius 1 is 1.05 bits per heavy atom. The first-order valence-electron chi connectivity index (χ1n) is 6.98. The van der Waals surface area contributed by atoms with E-state index in [1.807, 2.05) is 6.92 Å². The van der Waals surface area contributed by atoms with Crippen molar-refractivity contribution in [3.05, 3.63) is 65.7 Å². The molecule has 1 atom stereocenters. The zero-order valence-electron chi connectivity index (χ0n) is 12.2. The number of nitrogens with one attached hydrogen (secondary N) is 1. The average molecular weight is 321 g/mol. The maximum Gasteiger partial charge on any atom is 0.221 e. The molecule has 0 radical (unpaired) electrons. The normalized spacial score (nSPS) is 12.0. The number of amides is 1. The summed E-state index contributed by atoms with van der Waals surface area (Å²) in [4.78, 5) is 12.8. The predicted molar refractivity (Wildman–Crippen MR) is 84.7 cm³/mol. The molecular formula is C17H17F2NOS. The van der Waals surface area contributed by atoms with Crippen LogP contribution in [0, 0.1) is 11.6 Å². The molecule has 116 valence electrons. The van der Waals surface area contributed by atoms with Crippen LogP contribution in [0.4, 0.5) is 8.78 Å². The van der Waals surface area contributed by atoms with Crippen molar-refractivity contribution in [3.8, 4) is 0 Å². The maximum absolute atomic E-state index is 12.9. The fraction of sp³-hybridized carbons (Fsp3) is 0.235. The van der Waals surface area contributed by atoms with Gasteiger partial charge in [-0.2, -0.15) is 0 Å². The summed E-state index contributed by atoms with van der Waals surface area (Å²) < 4.78 is 25.6. The lowest BCUT2D eigenvalue weighted by Crippen LogP contribution is -2.26. The molecule has 0 saturated heterocycles. The summed E-state index contributed by atoms with van der Waals surface area (Å²) in [6.07, 6.45) is 0.369. The van der Waals surface area contributed by atoms with E-state index in [2.05, 4.69) is 5.32 Å². The first kappa shape index (κ1) is 16.5. The summed E-state index contributed by atoms with van der Waals surface area (Å²) in [5.74, 6) is -0.00669. The van der Waals surface area contributed by atoms with Crippen LogP contribution in [0.25, 0.3) is 0 Å². The zero-order valence-corrected chi connectivity index (χ0v) is 13.0. The van der Waals surface area contributed by atoms with Crippen LogP contribution in [-0.4, -0.2) is 11.7 Å². The van der Waals surface area contributed by atoms with E-state index >= 15 is 0 Å². The van der Waals surface area contributed by atoms with Gasteiger partial charge in [0.25, 0.3) is 0 Å². The molecule has 5 heteroatoms. The predicted octanol–water partition coefficient (Wildman–Crippen LogP) is 4.32. The van der Waals surface area contributed by atoms with Crippen LogP contribution in [0.5, 0.6) is 0 Å². The molecule has 0 aliphatic carbocycles. The molecule has 0 bridgehead atoms. The minimum atomic E-state index is -0.294. The first-order chi connectivity index (χ1) is 10.5.